The Morgan fingerprint density at radius 3 is 2.82 bits per heavy atom. The second-order valence-electron chi connectivity index (χ2n) is 4.51. The molecule has 1 aromatic rings. The summed E-state index contributed by atoms with van der Waals surface area (Å²) < 4.78 is 5.37. The molecule has 0 aliphatic heterocycles. The summed E-state index contributed by atoms with van der Waals surface area (Å²) in [7, 11) is 0. The second kappa shape index (κ2) is 6.99. The highest BCUT2D eigenvalue weighted by Gasteiger charge is 2.08. The molecule has 1 aromatic heterocycles. The number of Topliss-reactive ketones (excluding diaryl/α,β-unsaturated/α-hetero) is 1. The minimum absolute atomic E-state index is 0.196. The lowest BCUT2D eigenvalue weighted by Crippen LogP contribution is -2.08. The zero-order chi connectivity index (χ0) is 12.7. The molecule has 17 heavy (non-hydrogen) atoms. The maximum absolute atomic E-state index is 11.6. The zero-order valence-corrected chi connectivity index (χ0v) is 10.8. The first kappa shape index (κ1) is 13.6. The molecule has 0 aromatic carbocycles. The maximum Gasteiger partial charge on any atom is 0.232 e. The summed E-state index contributed by atoms with van der Waals surface area (Å²) in [6, 6.07) is 0. The molecule has 0 saturated heterocycles. The van der Waals surface area contributed by atoms with Gasteiger partial charge in [-0.2, -0.15) is 0 Å². The van der Waals surface area contributed by atoms with E-state index in [1.165, 1.54) is 0 Å². The van der Waals surface area contributed by atoms with Crippen LogP contribution in [0, 0.1) is 5.92 Å². The smallest absolute Gasteiger partial charge is 0.232 e. The number of aromatic nitrogens is 2. The van der Waals surface area contributed by atoms with Crippen molar-refractivity contribution >= 4 is 5.78 Å². The molecule has 0 atom stereocenters. The molecular weight excluding hydrogens is 216 g/mol. The van der Waals surface area contributed by atoms with Gasteiger partial charge in [0.05, 0.1) is 24.9 Å². The van der Waals surface area contributed by atoms with Gasteiger partial charge in [-0.25, -0.2) is 4.98 Å². The zero-order valence-electron chi connectivity index (χ0n) is 10.8. The number of nitrogens with zero attached hydrogens (tertiary/aromatic N) is 2. The Bertz CT molecular complexity index is 364. The van der Waals surface area contributed by atoms with E-state index in [9.17, 15) is 4.79 Å². The van der Waals surface area contributed by atoms with E-state index in [2.05, 4.69) is 9.97 Å². The van der Waals surface area contributed by atoms with Gasteiger partial charge in [-0.15, -0.1) is 0 Å². The average molecular weight is 236 g/mol. The van der Waals surface area contributed by atoms with E-state index in [1.807, 2.05) is 20.8 Å². The number of carbonyl (C=O) groups excluding carboxylic acids is 1. The van der Waals surface area contributed by atoms with Crippen LogP contribution in [0.15, 0.2) is 12.4 Å². The molecule has 0 unspecified atom stereocenters. The van der Waals surface area contributed by atoms with E-state index in [0.29, 0.717) is 36.9 Å². The largest absolute Gasteiger partial charge is 0.477 e. The summed E-state index contributed by atoms with van der Waals surface area (Å²) in [4.78, 5) is 19.9. The first-order valence-corrected chi connectivity index (χ1v) is 6.07. The fraction of sp³-hybridized carbons (Fsp3) is 0.615. The fourth-order valence-electron chi connectivity index (χ4n) is 1.48. The van der Waals surface area contributed by atoms with Crippen LogP contribution < -0.4 is 4.74 Å². The van der Waals surface area contributed by atoms with Gasteiger partial charge in [0.1, 0.15) is 5.78 Å². The van der Waals surface area contributed by atoms with Crippen LogP contribution in [-0.4, -0.2) is 22.4 Å². The standard InChI is InChI=1S/C13H20N2O2/c1-4-5-17-13-9-14-8-11(15-13)7-12(16)6-10(2)3/h8-10H,4-7H2,1-3H3. The third-order valence-electron chi connectivity index (χ3n) is 2.13. The lowest BCUT2D eigenvalue weighted by molar-refractivity contribution is -0.119. The summed E-state index contributed by atoms with van der Waals surface area (Å²) >= 11 is 0. The minimum atomic E-state index is 0.196. The van der Waals surface area contributed by atoms with Crippen LogP contribution in [0.3, 0.4) is 0 Å². The van der Waals surface area contributed by atoms with Crippen LogP contribution in [0.25, 0.3) is 0 Å². The third kappa shape index (κ3) is 5.43. The molecule has 4 heteroatoms. The Morgan fingerprint density at radius 2 is 2.18 bits per heavy atom. The number of carbonyl (C=O) groups is 1. The normalized spacial score (nSPS) is 10.6. The lowest BCUT2D eigenvalue weighted by atomic mass is 10.0. The van der Waals surface area contributed by atoms with Crippen LogP contribution in [0.5, 0.6) is 5.88 Å². The Hall–Kier alpha value is -1.45. The van der Waals surface area contributed by atoms with Gasteiger partial charge < -0.3 is 4.74 Å². The van der Waals surface area contributed by atoms with Crippen molar-refractivity contribution in [1.29, 1.82) is 0 Å². The van der Waals surface area contributed by atoms with Gasteiger partial charge in [0.2, 0.25) is 5.88 Å². The van der Waals surface area contributed by atoms with Crippen molar-refractivity contribution in [3.8, 4) is 5.88 Å². The SMILES string of the molecule is CCCOc1cncc(CC(=O)CC(C)C)n1. The van der Waals surface area contributed by atoms with Crippen molar-refractivity contribution in [2.24, 2.45) is 5.92 Å². The molecule has 0 aliphatic carbocycles. The Labute approximate surface area is 102 Å². The molecule has 0 amide bonds. The first-order chi connectivity index (χ1) is 8.11. The van der Waals surface area contributed by atoms with Crippen LogP contribution in [0.1, 0.15) is 39.3 Å². The molecule has 0 radical (unpaired) electrons. The summed E-state index contributed by atoms with van der Waals surface area (Å²) in [5.41, 5.74) is 0.684. The number of hydrogen-bond acceptors (Lipinski definition) is 4. The molecule has 94 valence electrons. The summed E-state index contributed by atoms with van der Waals surface area (Å²) in [6.45, 7) is 6.72. The highest BCUT2D eigenvalue weighted by molar-refractivity contribution is 5.80. The van der Waals surface area contributed by atoms with Crippen LogP contribution >= 0.6 is 0 Å². The highest BCUT2D eigenvalue weighted by atomic mass is 16.5. The van der Waals surface area contributed by atoms with Gasteiger partial charge in [0.25, 0.3) is 0 Å². The number of ether oxygens (including phenoxy) is 1. The van der Waals surface area contributed by atoms with Gasteiger partial charge in [0.15, 0.2) is 0 Å². The Balaban J connectivity index is 2.56. The molecular formula is C13H20N2O2. The molecule has 0 N–H and O–H groups in total. The summed E-state index contributed by atoms with van der Waals surface area (Å²) in [6.07, 6.45) is 5.05. The van der Waals surface area contributed by atoms with E-state index in [4.69, 9.17) is 4.74 Å². The highest BCUT2D eigenvalue weighted by Crippen LogP contribution is 2.08. The van der Waals surface area contributed by atoms with E-state index in [0.717, 1.165) is 6.42 Å². The van der Waals surface area contributed by atoms with Gasteiger partial charge in [-0.05, 0) is 12.3 Å². The van der Waals surface area contributed by atoms with Crippen molar-refractivity contribution in [2.45, 2.75) is 40.0 Å². The predicted molar refractivity (Wildman–Crippen MR) is 66.0 cm³/mol. The van der Waals surface area contributed by atoms with Crippen molar-refractivity contribution in [1.82, 2.24) is 9.97 Å². The van der Waals surface area contributed by atoms with Gasteiger partial charge in [0, 0.05) is 12.6 Å². The molecule has 0 aliphatic rings. The van der Waals surface area contributed by atoms with E-state index in [1.54, 1.807) is 12.4 Å². The predicted octanol–water partition coefficient (Wildman–Crippen LogP) is 2.42. The lowest BCUT2D eigenvalue weighted by Gasteiger charge is -2.06. The molecule has 0 bridgehead atoms. The molecule has 0 saturated carbocycles. The van der Waals surface area contributed by atoms with Crippen molar-refractivity contribution < 1.29 is 9.53 Å². The van der Waals surface area contributed by atoms with Crippen molar-refractivity contribution in [3.05, 3.63) is 18.1 Å². The molecule has 0 spiro atoms. The van der Waals surface area contributed by atoms with Gasteiger partial charge in [-0.3, -0.25) is 9.78 Å². The van der Waals surface area contributed by atoms with E-state index in [-0.39, 0.29) is 5.78 Å². The maximum atomic E-state index is 11.6. The van der Waals surface area contributed by atoms with Crippen molar-refractivity contribution in [3.63, 3.8) is 0 Å². The first-order valence-electron chi connectivity index (χ1n) is 6.07. The van der Waals surface area contributed by atoms with E-state index < -0.39 is 0 Å². The Kier molecular flexibility index (Phi) is 5.60. The monoisotopic (exact) mass is 236 g/mol. The number of hydrogen-bond donors (Lipinski definition) is 0. The van der Waals surface area contributed by atoms with Crippen LogP contribution in [0.2, 0.25) is 0 Å². The fourth-order valence-corrected chi connectivity index (χ4v) is 1.48. The van der Waals surface area contributed by atoms with Gasteiger partial charge in [-0.1, -0.05) is 20.8 Å². The minimum Gasteiger partial charge on any atom is -0.477 e. The van der Waals surface area contributed by atoms with Gasteiger partial charge >= 0.3 is 0 Å². The Morgan fingerprint density at radius 1 is 1.41 bits per heavy atom. The van der Waals surface area contributed by atoms with Crippen LogP contribution in [0.4, 0.5) is 0 Å². The third-order valence-corrected chi connectivity index (χ3v) is 2.13. The average Bonchev–Trinajstić information content (AvgIpc) is 2.25. The topological polar surface area (TPSA) is 52.1 Å². The van der Waals surface area contributed by atoms with Crippen molar-refractivity contribution in [2.75, 3.05) is 6.61 Å². The van der Waals surface area contributed by atoms with Crippen LogP contribution in [-0.2, 0) is 11.2 Å². The van der Waals surface area contributed by atoms with E-state index >= 15 is 0 Å². The number of rotatable bonds is 7. The molecule has 1 rings (SSSR count). The summed E-state index contributed by atoms with van der Waals surface area (Å²) in [5.74, 6) is 1.08. The number of ketones is 1. The molecule has 4 nitrogen and oxygen atoms in total. The summed E-state index contributed by atoms with van der Waals surface area (Å²) in [5, 5.41) is 0. The quantitative estimate of drug-likeness (QED) is 0.729. The molecule has 1 heterocycles. The molecule has 0 fully saturated rings. The second-order valence-corrected chi connectivity index (χ2v) is 4.51.